The lowest BCUT2D eigenvalue weighted by Crippen LogP contribution is -2.39. The molecule has 2 aromatic rings. The first-order valence-electron chi connectivity index (χ1n) is 8.44. The van der Waals surface area contributed by atoms with E-state index in [9.17, 15) is 4.79 Å². The maximum Gasteiger partial charge on any atom is 0.317 e. The largest absolute Gasteiger partial charge is 0.488 e. The Hall–Kier alpha value is -2.56. The molecule has 1 N–H and O–H groups in total. The lowest BCUT2D eigenvalue weighted by atomic mass is 10.1. The highest BCUT2D eigenvalue weighted by Crippen LogP contribution is 2.17. The van der Waals surface area contributed by atoms with E-state index < -0.39 is 0 Å². The highest BCUT2D eigenvalue weighted by molar-refractivity contribution is 5.74. The van der Waals surface area contributed by atoms with Gasteiger partial charge in [-0.1, -0.05) is 30.3 Å². The maximum absolute atomic E-state index is 12.2. The Bertz CT molecular complexity index is 634. The van der Waals surface area contributed by atoms with Crippen LogP contribution in [0.4, 0.5) is 4.79 Å². The molecule has 0 spiro atoms. The van der Waals surface area contributed by atoms with E-state index in [2.05, 4.69) is 22.4 Å². The van der Waals surface area contributed by atoms with E-state index >= 15 is 0 Å². The fraction of sp³-hybridized carbons (Fsp3) is 0.368. The summed E-state index contributed by atoms with van der Waals surface area (Å²) in [5.41, 5.74) is 1.30. The first-order chi connectivity index (χ1) is 11.8. The minimum Gasteiger partial charge on any atom is -0.488 e. The minimum absolute atomic E-state index is 0.00360. The van der Waals surface area contributed by atoms with Gasteiger partial charge in [-0.25, -0.2) is 4.79 Å². The summed E-state index contributed by atoms with van der Waals surface area (Å²) in [5, 5.41) is 3.00. The Labute approximate surface area is 142 Å². The molecule has 1 aliphatic rings. The van der Waals surface area contributed by atoms with Crippen molar-refractivity contribution in [2.24, 2.45) is 0 Å². The van der Waals surface area contributed by atoms with E-state index in [4.69, 9.17) is 4.74 Å². The molecule has 0 radical (unpaired) electrons. The average Bonchev–Trinajstić information content (AvgIpc) is 3.09. The van der Waals surface area contributed by atoms with E-state index in [1.54, 1.807) is 12.4 Å². The van der Waals surface area contributed by atoms with Gasteiger partial charge in [0.2, 0.25) is 0 Å². The van der Waals surface area contributed by atoms with Crippen molar-refractivity contribution in [3.05, 3.63) is 60.4 Å². The monoisotopic (exact) mass is 325 g/mol. The molecule has 1 aromatic carbocycles. The normalized spacial score (nSPS) is 16.8. The number of nitrogens with one attached hydrogen (secondary N) is 1. The summed E-state index contributed by atoms with van der Waals surface area (Å²) in [6.45, 7) is 2.06. The van der Waals surface area contributed by atoms with Crippen LogP contribution in [0.25, 0.3) is 0 Å². The van der Waals surface area contributed by atoms with Crippen LogP contribution in [0, 0.1) is 0 Å². The number of nitrogens with zero attached hydrogens (tertiary/aromatic N) is 2. The molecule has 3 rings (SSSR count). The van der Waals surface area contributed by atoms with E-state index in [0.29, 0.717) is 13.1 Å². The van der Waals surface area contributed by atoms with Crippen molar-refractivity contribution in [1.29, 1.82) is 0 Å². The van der Waals surface area contributed by atoms with Gasteiger partial charge in [-0.2, -0.15) is 0 Å². The van der Waals surface area contributed by atoms with E-state index in [0.717, 1.165) is 31.6 Å². The molecule has 1 aromatic heterocycles. The first-order valence-corrected chi connectivity index (χ1v) is 8.44. The van der Waals surface area contributed by atoms with Gasteiger partial charge in [0.25, 0.3) is 0 Å². The molecule has 5 heteroatoms. The van der Waals surface area contributed by atoms with Crippen LogP contribution in [-0.2, 0) is 6.42 Å². The van der Waals surface area contributed by atoms with Crippen molar-refractivity contribution < 1.29 is 9.53 Å². The second-order valence-corrected chi connectivity index (χ2v) is 5.98. The van der Waals surface area contributed by atoms with Crippen LogP contribution >= 0.6 is 0 Å². The van der Waals surface area contributed by atoms with Gasteiger partial charge in [-0.15, -0.1) is 0 Å². The fourth-order valence-electron chi connectivity index (χ4n) is 2.86. The van der Waals surface area contributed by atoms with Crippen molar-refractivity contribution in [3.8, 4) is 5.75 Å². The molecule has 1 saturated heterocycles. The number of pyridine rings is 1. The van der Waals surface area contributed by atoms with Gasteiger partial charge in [-0.3, -0.25) is 4.98 Å². The van der Waals surface area contributed by atoms with E-state index in [1.807, 2.05) is 35.2 Å². The summed E-state index contributed by atoms with van der Waals surface area (Å²) in [4.78, 5) is 18.0. The summed E-state index contributed by atoms with van der Waals surface area (Å²) in [6, 6.07) is 14.0. The quantitative estimate of drug-likeness (QED) is 0.831. The third kappa shape index (κ3) is 4.72. The number of urea groups is 1. The number of hydrogen-bond acceptors (Lipinski definition) is 3. The molecule has 1 atom stereocenters. The van der Waals surface area contributed by atoms with Gasteiger partial charge < -0.3 is 15.0 Å². The van der Waals surface area contributed by atoms with E-state index in [1.165, 1.54) is 5.56 Å². The second kappa shape index (κ2) is 8.34. The molecule has 24 heavy (non-hydrogen) atoms. The number of benzene rings is 1. The molecule has 2 amide bonds. The molecule has 1 aliphatic heterocycles. The van der Waals surface area contributed by atoms with Gasteiger partial charge in [0.15, 0.2) is 0 Å². The average molecular weight is 325 g/mol. The molecule has 126 valence electrons. The molecular weight excluding hydrogens is 302 g/mol. The highest BCUT2D eigenvalue weighted by Gasteiger charge is 2.27. The predicted molar refractivity (Wildman–Crippen MR) is 93.0 cm³/mol. The Kier molecular flexibility index (Phi) is 5.66. The molecule has 0 bridgehead atoms. The fourth-order valence-corrected chi connectivity index (χ4v) is 2.86. The number of aromatic nitrogens is 1. The van der Waals surface area contributed by atoms with Crippen LogP contribution in [-0.4, -0.2) is 41.7 Å². The SMILES string of the molecule is O=C(NCCCc1ccccc1)N1CC[C@@H](Oc2ccncc2)C1. The maximum atomic E-state index is 12.2. The Balaban J connectivity index is 1.35. The standard InChI is InChI=1S/C19H23N3O2/c23-19(21-11-4-7-16-5-2-1-3-6-16)22-14-10-18(15-22)24-17-8-12-20-13-9-17/h1-3,5-6,8-9,12-13,18H,4,7,10-11,14-15H2,(H,21,23)/t18-/m1/s1. The third-order valence-electron chi connectivity index (χ3n) is 4.15. The predicted octanol–water partition coefficient (Wildman–Crippen LogP) is 2.88. The number of hydrogen-bond donors (Lipinski definition) is 1. The van der Waals surface area contributed by atoms with Crippen molar-refractivity contribution in [2.45, 2.75) is 25.4 Å². The Morgan fingerprint density at radius 3 is 2.79 bits per heavy atom. The number of rotatable bonds is 6. The number of aryl methyl sites for hydroxylation is 1. The molecule has 0 aliphatic carbocycles. The van der Waals surface area contributed by atoms with Gasteiger partial charge in [-0.05, 0) is 30.5 Å². The highest BCUT2D eigenvalue weighted by atomic mass is 16.5. The first kappa shape index (κ1) is 16.3. The summed E-state index contributed by atoms with van der Waals surface area (Å²) >= 11 is 0. The molecule has 5 nitrogen and oxygen atoms in total. The van der Waals surface area contributed by atoms with Crippen LogP contribution in [0.1, 0.15) is 18.4 Å². The Morgan fingerprint density at radius 1 is 1.21 bits per heavy atom. The van der Waals surface area contributed by atoms with Gasteiger partial charge >= 0.3 is 6.03 Å². The zero-order valence-corrected chi connectivity index (χ0v) is 13.7. The number of ether oxygens (including phenoxy) is 1. The molecule has 2 heterocycles. The smallest absolute Gasteiger partial charge is 0.317 e. The number of likely N-dealkylation sites (tertiary alicyclic amines) is 1. The van der Waals surface area contributed by atoms with E-state index in [-0.39, 0.29) is 12.1 Å². The van der Waals surface area contributed by atoms with Crippen LogP contribution in [0.3, 0.4) is 0 Å². The summed E-state index contributed by atoms with van der Waals surface area (Å²) < 4.78 is 5.88. The zero-order chi connectivity index (χ0) is 16.6. The third-order valence-corrected chi connectivity index (χ3v) is 4.15. The molecule has 0 unspecified atom stereocenters. The molecular formula is C19H23N3O2. The van der Waals surface area contributed by atoms with Gasteiger partial charge in [0, 0.05) is 31.9 Å². The van der Waals surface area contributed by atoms with Crippen molar-refractivity contribution in [3.63, 3.8) is 0 Å². The van der Waals surface area contributed by atoms with Gasteiger partial charge in [0.1, 0.15) is 11.9 Å². The number of carbonyl (C=O) groups excluding carboxylic acids is 1. The number of amides is 2. The van der Waals surface area contributed by atoms with Crippen LogP contribution in [0.15, 0.2) is 54.9 Å². The van der Waals surface area contributed by atoms with Gasteiger partial charge in [0.05, 0.1) is 6.54 Å². The van der Waals surface area contributed by atoms with Crippen LogP contribution in [0.2, 0.25) is 0 Å². The molecule has 1 fully saturated rings. The summed E-state index contributed by atoms with van der Waals surface area (Å²) in [5.74, 6) is 0.806. The second-order valence-electron chi connectivity index (χ2n) is 5.98. The van der Waals surface area contributed by atoms with Crippen molar-refractivity contribution in [2.75, 3.05) is 19.6 Å². The van der Waals surface area contributed by atoms with Crippen molar-refractivity contribution in [1.82, 2.24) is 15.2 Å². The number of carbonyl (C=O) groups is 1. The Morgan fingerprint density at radius 2 is 2.00 bits per heavy atom. The lowest BCUT2D eigenvalue weighted by molar-refractivity contribution is 0.187. The topological polar surface area (TPSA) is 54.5 Å². The zero-order valence-electron chi connectivity index (χ0n) is 13.7. The summed E-state index contributed by atoms with van der Waals surface area (Å²) in [6.07, 6.45) is 6.26. The minimum atomic E-state index is 0.00360. The molecule has 0 saturated carbocycles. The van der Waals surface area contributed by atoms with Crippen molar-refractivity contribution >= 4 is 6.03 Å². The van der Waals surface area contributed by atoms with Crippen LogP contribution in [0.5, 0.6) is 5.75 Å². The summed E-state index contributed by atoms with van der Waals surface area (Å²) in [7, 11) is 0. The lowest BCUT2D eigenvalue weighted by Gasteiger charge is -2.18. The van der Waals surface area contributed by atoms with Crippen LogP contribution < -0.4 is 10.1 Å².